The Balaban J connectivity index is -0.00000200. The van der Waals surface area contributed by atoms with Crippen LogP contribution in [-0.2, 0) is 13.6 Å². The van der Waals surface area contributed by atoms with Crippen LogP contribution in [0.25, 0.3) is 0 Å². The van der Waals surface area contributed by atoms with Crippen LogP contribution >= 0.6 is 7.82 Å². The Labute approximate surface area is 165 Å². The number of hydrogen-bond donors (Lipinski definition) is 1. The molecular weight excluding hydrogens is 326 g/mol. The van der Waals surface area contributed by atoms with Gasteiger partial charge >= 0.3 is 37.4 Å². The van der Waals surface area contributed by atoms with Crippen LogP contribution < -0.4 is 0 Å². The van der Waals surface area contributed by atoms with Crippen LogP contribution in [0.4, 0.5) is 0 Å². The molecule has 0 fully saturated rings. The molecule has 138 valence electrons. The molecule has 7 heteroatoms. The number of rotatable bonds is 14. The summed E-state index contributed by atoms with van der Waals surface area (Å²) >= 11 is 0. The van der Waals surface area contributed by atoms with E-state index >= 15 is 0 Å². The van der Waals surface area contributed by atoms with Gasteiger partial charge in [-0.05, 0) is 24.7 Å². The van der Waals surface area contributed by atoms with E-state index in [4.69, 9.17) is 9.05 Å². The van der Waals surface area contributed by atoms with Crippen LogP contribution in [0.1, 0.15) is 79.1 Å². The first-order chi connectivity index (χ1) is 9.99. The second-order valence-corrected chi connectivity index (χ2v) is 7.35. The molecule has 0 saturated carbocycles. The van der Waals surface area contributed by atoms with E-state index in [1.807, 2.05) is 0 Å². The quantitative estimate of drug-likeness (QED) is 0.372. The van der Waals surface area contributed by atoms with Crippen molar-refractivity contribution in [2.24, 2.45) is 11.8 Å². The van der Waals surface area contributed by atoms with Crippen molar-refractivity contribution in [3.8, 4) is 0 Å². The summed E-state index contributed by atoms with van der Waals surface area (Å²) in [5.74, 6) is 0.687. The molecule has 0 amide bonds. The van der Waals surface area contributed by atoms with Gasteiger partial charge in [-0.3, -0.25) is 9.05 Å². The molecule has 0 saturated heterocycles. The molecule has 0 radical (unpaired) electrons. The van der Waals surface area contributed by atoms with Gasteiger partial charge in [-0.2, -0.15) is 0 Å². The minimum absolute atomic E-state index is 0. The Morgan fingerprint density at radius 3 is 1.48 bits per heavy atom. The van der Waals surface area contributed by atoms with Crippen molar-refractivity contribution in [1.29, 1.82) is 0 Å². The van der Waals surface area contributed by atoms with Crippen LogP contribution in [0.5, 0.6) is 0 Å². The second-order valence-electron chi connectivity index (χ2n) is 5.89. The number of phosphoric ester groups is 1. The summed E-state index contributed by atoms with van der Waals surface area (Å²) in [7, 11) is -3.89. The van der Waals surface area contributed by atoms with Gasteiger partial charge in [0.05, 0.1) is 13.2 Å². The van der Waals surface area contributed by atoms with E-state index in [0.717, 1.165) is 51.4 Å². The zero-order valence-corrected chi connectivity index (χ0v) is 15.7. The van der Waals surface area contributed by atoms with E-state index in [9.17, 15) is 9.46 Å². The topological polar surface area (TPSA) is 87.3 Å². The molecule has 2 atom stereocenters. The van der Waals surface area contributed by atoms with Crippen molar-refractivity contribution >= 4 is 37.4 Å². The SMILES string of the molecule is CCCCC(CC)COP(=O)(O)OCC(CC)CCCC.O.[NaH]. The van der Waals surface area contributed by atoms with Crippen LogP contribution in [-0.4, -0.2) is 53.1 Å². The fourth-order valence-corrected chi connectivity index (χ4v) is 3.11. The first-order valence-corrected chi connectivity index (χ1v) is 10.1. The third-order valence-corrected chi connectivity index (χ3v) is 4.98. The molecule has 0 bridgehead atoms. The number of unbranched alkanes of at least 4 members (excludes halogenated alkanes) is 2. The molecule has 5 nitrogen and oxygen atoms in total. The maximum atomic E-state index is 11.9. The summed E-state index contributed by atoms with van der Waals surface area (Å²) < 4.78 is 22.2. The molecule has 0 spiro atoms. The van der Waals surface area contributed by atoms with Gasteiger partial charge in [0, 0.05) is 0 Å². The summed E-state index contributed by atoms with van der Waals surface area (Å²) in [6.07, 6.45) is 8.56. The fourth-order valence-electron chi connectivity index (χ4n) is 2.23. The summed E-state index contributed by atoms with van der Waals surface area (Å²) in [5, 5.41) is 0. The van der Waals surface area contributed by atoms with E-state index in [-0.39, 0.29) is 35.0 Å². The van der Waals surface area contributed by atoms with Gasteiger partial charge in [-0.1, -0.05) is 66.2 Å². The predicted octanol–water partition coefficient (Wildman–Crippen LogP) is 4.08. The molecule has 3 N–H and O–H groups in total. The average Bonchev–Trinajstić information content (AvgIpc) is 2.47. The Bertz CT molecular complexity index is 268. The van der Waals surface area contributed by atoms with Crippen LogP contribution in [0, 0.1) is 11.8 Å². The van der Waals surface area contributed by atoms with Crippen LogP contribution in [0.15, 0.2) is 0 Å². The Morgan fingerprint density at radius 1 is 0.870 bits per heavy atom. The molecule has 0 heterocycles. The fraction of sp³-hybridized carbons (Fsp3) is 1.00. The summed E-state index contributed by atoms with van der Waals surface area (Å²) in [4.78, 5) is 9.77. The Morgan fingerprint density at radius 2 is 1.22 bits per heavy atom. The standard InChI is InChI=1S/C16H35O4P.Na.H2O.H/c1-5-9-11-15(7-3)13-19-21(17,18)20-14-16(8-4)12-10-6-2;;;/h15-16H,5-14H2,1-4H3,(H,17,18);;1H2;. The van der Waals surface area contributed by atoms with Gasteiger partial charge in [0.1, 0.15) is 0 Å². The summed E-state index contributed by atoms with van der Waals surface area (Å²) in [5.41, 5.74) is 0. The van der Waals surface area contributed by atoms with Crippen molar-refractivity contribution in [1.82, 2.24) is 0 Å². The minimum atomic E-state index is -3.89. The predicted molar refractivity (Wildman–Crippen MR) is 99.1 cm³/mol. The first kappa shape index (κ1) is 28.9. The molecule has 0 rings (SSSR count). The zero-order chi connectivity index (χ0) is 16.1. The molecule has 0 aromatic heterocycles. The van der Waals surface area contributed by atoms with Crippen LogP contribution in [0.2, 0.25) is 0 Å². The van der Waals surface area contributed by atoms with Crippen LogP contribution in [0.3, 0.4) is 0 Å². The number of phosphoric acid groups is 1. The van der Waals surface area contributed by atoms with Crippen molar-refractivity contribution in [2.45, 2.75) is 79.1 Å². The van der Waals surface area contributed by atoms with Crippen molar-refractivity contribution < 1.29 is 24.0 Å². The molecular formula is C16H38NaO5P. The third-order valence-electron chi connectivity index (χ3n) is 4.03. The molecule has 0 aliphatic carbocycles. The molecule has 23 heavy (non-hydrogen) atoms. The van der Waals surface area contributed by atoms with E-state index in [0.29, 0.717) is 25.0 Å². The first-order valence-electron chi connectivity index (χ1n) is 8.60. The van der Waals surface area contributed by atoms with Crippen molar-refractivity contribution in [3.63, 3.8) is 0 Å². The van der Waals surface area contributed by atoms with Gasteiger partial charge in [0.25, 0.3) is 0 Å². The monoisotopic (exact) mass is 364 g/mol. The third kappa shape index (κ3) is 16.3. The van der Waals surface area contributed by atoms with E-state index in [1.165, 1.54) is 0 Å². The van der Waals surface area contributed by atoms with Crippen molar-refractivity contribution in [3.05, 3.63) is 0 Å². The molecule has 0 aliphatic heterocycles. The molecule has 0 aromatic rings. The zero-order valence-electron chi connectivity index (χ0n) is 14.8. The number of hydrogen-bond acceptors (Lipinski definition) is 3. The van der Waals surface area contributed by atoms with Gasteiger partial charge in [0.2, 0.25) is 0 Å². The Hall–Kier alpha value is 1.07. The normalized spacial score (nSPS) is 15.9. The van der Waals surface area contributed by atoms with E-state index < -0.39 is 7.82 Å². The molecule has 2 unspecified atom stereocenters. The van der Waals surface area contributed by atoms with Gasteiger partial charge < -0.3 is 10.4 Å². The maximum absolute atomic E-state index is 11.9. The van der Waals surface area contributed by atoms with Gasteiger partial charge in [0.15, 0.2) is 0 Å². The summed E-state index contributed by atoms with van der Waals surface area (Å²) in [6, 6.07) is 0. The van der Waals surface area contributed by atoms with E-state index in [1.54, 1.807) is 0 Å². The summed E-state index contributed by atoms with van der Waals surface area (Å²) in [6.45, 7) is 9.10. The van der Waals surface area contributed by atoms with Gasteiger partial charge in [-0.25, -0.2) is 4.57 Å². The van der Waals surface area contributed by atoms with Crippen molar-refractivity contribution in [2.75, 3.05) is 13.2 Å². The average molecular weight is 364 g/mol. The van der Waals surface area contributed by atoms with Gasteiger partial charge in [-0.15, -0.1) is 0 Å². The van der Waals surface area contributed by atoms with E-state index in [2.05, 4.69) is 27.7 Å². The second kappa shape index (κ2) is 17.9. The molecule has 0 aromatic carbocycles. The Kier molecular flexibility index (Phi) is 22.4. The molecule has 0 aliphatic rings.